The van der Waals surface area contributed by atoms with Gasteiger partial charge in [-0.1, -0.05) is 12.1 Å². The Kier molecular flexibility index (Phi) is 2.34. The molecule has 0 aliphatic carbocycles. The highest BCUT2D eigenvalue weighted by Crippen LogP contribution is 2.29. The van der Waals surface area contributed by atoms with E-state index in [4.69, 9.17) is 10.5 Å². The smallest absolute Gasteiger partial charge is 0.133 e. The Bertz CT molecular complexity index is 580. The second kappa shape index (κ2) is 3.86. The third-order valence-corrected chi connectivity index (χ3v) is 3.03. The van der Waals surface area contributed by atoms with Crippen LogP contribution in [0.1, 0.15) is 11.1 Å². The Balaban J connectivity index is 2.09. The van der Waals surface area contributed by atoms with E-state index < -0.39 is 0 Å². The molecule has 0 saturated heterocycles. The molecule has 17 heavy (non-hydrogen) atoms. The average Bonchev–Trinajstić information content (AvgIpc) is 2.75. The van der Waals surface area contributed by atoms with Crippen LogP contribution in [0.15, 0.2) is 36.4 Å². The first-order valence-electron chi connectivity index (χ1n) is 5.49. The molecule has 2 N–H and O–H groups in total. The fourth-order valence-electron chi connectivity index (χ4n) is 2.11. The molecule has 1 aliphatic heterocycles. The zero-order chi connectivity index (χ0) is 11.8. The van der Waals surface area contributed by atoms with Gasteiger partial charge in [0.05, 0.1) is 13.2 Å². The van der Waals surface area contributed by atoms with Gasteiger partial charge in [0.1, 0.15) is 5.82 Å². The lowest BCUT2D eigenvalue weighted by molar-refractivity contribution is 0.134. The average molecular weight is 229 g/mol. The third kappa shape index (κ3) is 1.78. The van der Waals surface area contributed by atoms with Crippen molar-refractivity contribution in [3.8, 4) is 11.1 Å². The number of nitrogens with two attached hydrogens (primary N) is 1. The molecular weight excluding hydrogens is 217 g/mol. The number of anilines is 1. The van der Waals surface area contributed by atoms with Crippen LogP contribution in [0.4, 0.5) is 10.1 Å². The number of ether oxygens (including phenoxy) is 1. The Morgan fingerprint density at radius 3 is 2.65 bits per heavy atom. The molecule has 0 saturated carbocycles. The maximum absolute atomic E-state index is 13.8. The van der Waals surface area contributed by atoms with Gasteiger partial charge in [-0.05, 0) is 41.0 Å². The normalized spacial score (nSPS) is 13.7. The molecule has 2 aromatic rings. The van der Waals surface area contributed by atoms with E-state index in [1.807, 2.05) is 18.2 Å². The summed E-state index contributed by atoms with van der Waals surface area (Å²) in [5, 5.41) is 0. The summed E-state index contributed by atoms with van der Waals surface area (Å²) < 4.78 is 19.1. The molecule has 0 aromatic heterocycles. The van der Waals surface area contributed by atoms with E-state index in [1.165, 1.54) is 11.6 Å². The van der Waals surface area contributed by atoms with Crippen LogP contribution in [0, 0.1) is 5.82 Å². The zero-order valence-corrected chi connectivity index (χ0v) is 9.24. The first-order valence-corrected chi connectivity index (χ1v) is 5.49. The molecule has 0 fully saturated rings. The second-order valence-electron chi connectivity index (χ2n) is 4.22. The van der Waals surface area contributed by atoms with Crippen molar-refractivity contribution in [1.29, 1.82) is 0 Å². The van der Waals surface area contributed by atoms with E-state index in [-0.39, 0.29) is 5.82 Å². The first kappa shape index (κ1) is 10.3. The maximum Gasteiger partial charge on any atom is 0.133 e. The highest BCUT2D eigenvalue weighted by molar-refractivity contribution is 5.67. The summed E-state index contributed by atoms with van der Waals surface area (Å²) in [5.41, 5.74) is 9.74. The summed E-state index contributed by atoms with van der Waals surface area (Å²) in [4.78, 5) is 0. The second-order valence-corrected chi connectivity index (χ2v) is 4.22. The van der Waals surface area contributed by atoms with Gasteiger partial charge in [0, 0.05) is 11.3 Å². The molecule has 0 bridgehead atoms. The van der Waals surface area contributed by atoms with Gasteiger partial charge >= 0.3 is 0 Å². The van der Waals surface area contributed by atoms with Crippen molar-refractivity contribution in [1.82, 2.24) is 0 Å². The van der Waals surface area contributed by atoms with Crippen molar-refractivity contribution in [3.05, 3.63) is 53.3 Å². The summed E-state index contributed by atoms with van der Waals surface area (Å²) in [6, 6.07) is 10.7. The molecular formula is C14H12FNO. The number of rotatable bonds is 1. The van der Waals surface area contributed by atoms with Gasteiger partial charge in [-0.2, -0.15) is 0 Å². The summed E-state index contributed by atoms with van der Waals surface area (Å²) in [7, 11) is 0. The minimum atomic E-state index is -0.288. The van der Waals surface area contributed by atoms with E-state index in [2.05, 4.69) is 0 Å². The molecule has 1 heterocycles. The molecule has 0 amide bonds. The molecule has 1 aliphatic rings. The van der Waals surface area contributed by atoms with E-state index in [0.29, 0.717) is 24.5 Å². The van der Waals surface area contributed by atoms with Crippen molar-refractivity contribution in [2.45, 2.75) is 13.2 Å². The van der Waals surface area contributed by atoms with Gasteiger partial charge in [-0.3, -0.25) is 0 Å². The van der Waals surface area contributed by atoms with Crippen LogP contribution >= 0.6 is 0 Å². The van der Waals surface area contributed by atoms with Crippen molar-refractivity contribution in [3.63, 3.8) is 0 Å². The van der Waals surface area contributed by atoms with Crippen molar-refractivity contribution in [2.24, 2.45) is 0 Å². The summed E-state index contributed by atoms with van der Waals surface area (Å²) in [6.07, 6.45) is 0. The lowest BCUT2D eigenvalue weighted by Gasteiger charge is -2.06. The van der Waals surface area contributed by atoms with Crippen LogP contribution in [0.5, 0.6) is 0 Å². The predicted molar refractivity (Wildman–Crippen MR) is 64.7 cm³/mol. The zero-order valence-electron chi connectivity index (χ0n) is 9.24. The topological polar surface area (TPSA) is 35.2 Å². The Labute approximate surface area is 98.8 Å². The van der Waals surface area contributed by atoms with E-state index in [0.717, 1.165) is 11.1 Å². The lowest BCUT2D eigenvalue weighted by atomic mass is 10.00. The quantitative estimate of drug-likeness (QED) is 0.762. The molecule has 2 nitrogen and oxygen atoms in total. The van der Waals surface area contributed by atoms with Crippen LogP contribution in [0.25, 0.3) is 11.1 Å². The number of hydrogen-bond acceptors (Lipinski definition) is 2. The first-order chi connectivity index (χ1) is 8.24. The van der Waals surface area contributed by atoms with Gasteiger partial charge in [0.25, 0.3) is 0 Å². The Morgan fingerprint density at radius 1 is 1.00 bits per heavy atom. The van der Waals surface area contributed by atoms with Gasteiger partial charge in [-0.15, -0.1) is 0 Å². The largest absolute Gasteiger partial charge is 0.399 e. The fraction of sp³-hybridized carbons (Fsp3) is 0.143. The van der Waals surface area contributed by atoms with Crippen molar-refractivity contribution in [2.75, 3.05) is 5.73 Å². The van der Waals surface area contributed by atoms with Gasteiger partial charge in [-0.25, -0.2) is 4.39 Å². The third-order valence-electron chi connectivity index (χ3n) is 3.03. The van der Waals surface area contributed by atoms with E-state index in [9.17, 15) is 4.39 Å². The number of benzene rings is 2. The van der Waals surface area contributed by atoms with Crippen LogP contribution in [-0.2, 0) is 18.0 Å². The van der Waals surface area contributed by atoms with E-state index in [1.54, 1.807) is 12.1 Å². The van der Waals surface area contributed by atoms with Crippen molar-refractivity contribution >= 4 is 5.69 Å². The summed E-state index contributed by atoms with van der Waals surface area (Å²) in [6.45, 7) is 1.26. The molecule has 0 unspecified atom stereocenters. The SMILES string of the molecule is Nc1ccc(-c2ccc3c(c2)COC3)c(F)c1. The van der Waals surface area contributed by atoms with Gasteiger partial charge in [0.15, 0.2) is 0 Å². The minimum Gasteiger partial charge on any atom is -0.399 e. The maximum atomic E-state index is 13.8. The van der Waals surface area contributed by atoms with Crippen LogP contribution < -0.4 is 5.73 Å². The van der Waals surface area contributed by atoms with Gasteiger partial charge in [0.2, 0.25) is 0 Å². The molecule has 0 atom stereocenters. The number of hydrogen-bond donors (Lipinski definition) is 1. The molecule has 86 valence electrons. The van der Waals surface area contributed by atoms with Crippen LogP contribution in [0.3, 0.4) is 0 Å². The van der Waals surface area contributed by atoms with Crippen molar-refractivity contribution < 1.29 is 9.13 Å². The van der Waals surface area contributed by atoms with Crippen LogP contribution in [0.2, 0.25) is 0 Å². The molecule has 3 rings (SSSR count). The summed E-state index contributed by atoms with van der Waals surface area (Å²) >= 11 is 0. The summed E-state index contributed by atoms with van der Waals surface area (Å²) in [5.74, 6) is -0.288. The predicted octanol–water partition coefficient (Wildman–Crippen LogP) is 3.11. The Hall–Kier alpha value is -1.87. The monoisotopic (exact) mass is 229 g/mol. The number of fused-ring (bicyclic) bond motifs is 1. The molecule has 3 heteroatoms. The van der Waals surface area contributed by atoms with Gasteiger partial charge < -0.3 is 10.5 Å². The highest BCUT2D eigenvalue weighted by atomic mass is 19.1. The number of halogens is 1. The minimum absolute atomic E-state index is 0.288. The fourth-order valence-corrected chi connectivity index (χ4v) is 2.11. The standard InChI is InChI=1S/C14H12FNO/c15-14-6-12(16)3-4-13(14)9-1-2-10-7-17-8-11(10)5-9/h1-6H,7-8,16H2. The molecule has 0 spiro atoms. The number of nitrogen functional groups attached to an aromatic ring is 1. The van der Waals surface area contributed by atoms with E-state index >= 15 is 0 Å². The lowest BCUT2D eigenvalue weighted by Crippen LogP contribution is -1.91. The molecule has 2 aromatic carbocycles. The Morgan fingerprint density at radius 2 is 1.82 bits per heavy atom. The highest BCUT2D eigenvalue weighted by Gasteiger charge is 2.13. The van der Waals surface area contributed by atoms with Crippen LogP contribution in [-0.4, -0.2) is 0 Å². The molecule has 0 radical (unpaired) electrons.